The Bertz CT molecular complexity index is 362. The fraction of sp³-hybridized carbons (Fsp3) is 0.533. The number of nitrogens with two attached hydrogens (primary N) is 1. The third-order valence-electron chi connectivity index (χ3n) is 3.24. The molecule has 3 heteroatoms. The molecular weight excluding hydrogens is 224 g/mol. The molecule has 1 amide bonds. The molecule has 2 N–H and O–H groups in total. The smallest absolute Gasteiger partial charge is 0.226 e. The molecule has 1 rings (SSSR count). The Balaban J connectivity index is 2.65. The quantitative estimate of drug-likeness (QED) is 0.839. The molecule has 0 aliphatic heterocycles. The van der Waals surface area contributed by atoms with Gasteiger partial charge >= 0.3 is 0 Å². The molecule has 3 nitrogen and oxygen atoms in total. The van der Waals surface area contributed by atoms with E-state index < -0.39 is 0 Å². The highest BCUT2D eigenvalue weighted by atomic mass is 16.2. The molecule has 0 bridgehead atoms. The number of rotatable bonds is 6. The molecule has 0 spiro atoms. The molecule has 0 radical (unpaired) electrons. The summed E-state index contributed by atoms with van der Waals surface area (Å²) in [5.74, 6) is 0.558. The van der Waals surface area contributed by atoms with E-state index >= 15 is 0 Å². The van der Waals surface area contributed by atoms with Crippen LogP contribution in [-0.4, -0.2) is 24.4 Å². The van der Waals surface area contributed by atoms with Crippen LogP contribution in [0.5, 0.6) is 0 Å². The molecule has 0 saturated heterocycles. The topological polar surface area (TPSA) is 46.3 Å². The van der Waals surface area contributed by atoms with E-state index in [-0.39, 0.29) is 11.8 Å². The van der Waals surface area contributed by atoms with Gasteiger partial charge < -0.3 is 10.6 Å². The average molecular weight is 248 g/mol. The molecular formula is C15H24N2O. The largest absolute Gasteiger partial charge is 0.341 e. The van der Waals surface area contributed by atoms with Crippen molar-refractivity contribution in [3.8, 4) is 0 Å². The minimum atomic E-state index is 0.0312. The van der Waals surface area contributed by atoms with Gasteiger partial charge in [0.05, 0.1) is 0 Å². The highest BCUT2D eigenvalue weighted by molar-refractivity contribution is 5.78. The van der Waals surface area contributed by atoms with Gasteiger partial charge in [-0.15, -0.1) is 0 Å². The first-order chi connectivity index (χ1) is 8.56. The lowest BCUT2D eigenvalue weighted by Gasteiger charge is -2.26. The van der Waals surface area contributed by atoms with Gasteiger partial charge in [-0.1, -0.05) is 44.2 Å². The van der Waals surface area contributed by atoms with E-state index in [2.05, 4.69) is 13.8 Å². The predicted octanol–water partition coefficient (Wildman–Crippen LogP) is 2.27. The second-order valence-corrected chi connectivity index (χ2v) is 5.11. The molecule has 100 valence electrons. The van der Waals surface area contributed by atoms with Gasteiger partial charge in [0.15, 0.2) is 0 Å². The molecule has 0 saturated carbocycles. The Kier molecular flexibility index (Phi) is 5.86. The SMILES string of the molecule is CC(C)C(CCN)C(=O)N(C)Cc1ccccc1. The van der Waals surface area contributed by atoms with Crippen LogP contribution in [0.3, 0.4) is 0 Å². The van der Waals surface area contributed by atoms with E-state index in [0.29, 0.717) is 19.0 Å². The van der Waals surface area contributed by atoms with Crippen molar-refractivity contribution in [1.82, 2.24) is 4.90 Å². The lowest BCUT2D eigenvalue weighted by atomic mass is 9.91. The van der Waals surface area contributed by atoms with E-state index in [1.54, 1.807) is 4.90 Å². The third kappa shape index (κ3) is 4.15. The van der Waals surface area contributed by atoms with Gasteiger partial charge in [0, 0.05) is 19.5 Å². The summed E-state index contributed by atoms with van der Waals surface area (Å²) in [7, 11) is 1.86. The van der Waals surface area contributed by atoms with Gasteiger partial charge in [-0.05, 0) is 24.4 Å². The molecule has 0 fully saturated rings. The number of hydrogen-bond donors (Lipinski definition) is 1. The summed E-state index contributed by atoms with van der Waals surface area (Å²) in [5.41, 5.74) is 6.74. The van der Waals surface area contributed by atoms with Gasteiger partial charge in [0.2, 0.25) is 5.91 Å². The van der Waals surface area contributed by atoms with Crippen LogP contribution in [0, 0.1) is 11.8 Å². The summed E-state index contributed by atoms with van der Waals surface area (Å²) in [5, 5.41) is 0. The van der Waals surface area contributed by atoms with Crippen LogP contribution >= 0.6 is 0 Å². The van der Waals surface area contributed by atoms with E-state index in [1.807, 2.05) is 37.4 Å². The van der Waals surface area contributed by atoms with Crippen molar-refractivity contribution in [2.75, 3.05) is 13.6 Å². The first kappa shape index (κ1) is 14.7. The number of benzene rings is 1. The molecule has 0 heterocycles. The zero-order valence-corrected chi connectivity index (χ0v) is 11.6. The first-order valence-corrected chi connectivity index (χ1v) is 6.55. The fourth-order valence-electron chi connectivity index (χ4n) is 2.14. The van der Waals surface area contributed by atoms with Crippen molar-refractivity contribution in [1.29, 1.82) is 0 Å². The number of hydrogen-bond acceptors (Lipinski definition) is 2. The number of carbonyl (C=O) groups is 1. The van der Waals surface area contributed by atoms with Crippen molar-refractivity contribution < 1.29 is 4.79 Å². The minimum absolute atomic E-state index is 0.0312. The Hall–Kier alpha value is -1.35. The molecule has 1 aromatic carbocycles. The highest BCUT2D eigenvalue weighted by Crippen LogP contribution is 2.18. The Labute approximate surface area is 110 Å². The van der Waals surface area contributed by atoms with E-state index in [0.717, 1.165) is 12.0 Å². The van der Waals surface area contributed by atoms with Crippen molar-refractivity contribution in [2.24, 2.45) is 17.6 Å². The molecule has 1 unspecified atom stereocenters. The molecule has 0 aromatic heterocycles. The van der Waals surface area contributed by atoms with Gasteiger partial charge in [-0.25, -0.2) is 0 Å². The maximum Gasteiger partial charge on any atom is 0.226 e. The molecule has 0 aliphatic rings. The summed E-state index contributed by atoms with van der Waals surface area (Å²) in [6.07, 6.45) is 0.760. The number of carbonyl (C=O) groups excluding carboxylic acids is 1. The van der Waals surface area contributed by atoms with Crippen LogP contribution in [0.2, 0.25) is 0 Å². The van der Waals surface area contributed by atoms with Crippen LogP contribution in [0.15, 0.2) is 30.3 Å². The second-order valence-electron chi connectivity index (χ2n) is 5.11. The fourth-order valence-corrected chi connectivity index (χ4v) is 2.14. The highest BCUT2D eigenvalue weighted by Gasteiger charge is 2.24. The standard InChI is InChI=1S/C15H24N2O/c1-12(2)14(9-10-16)15(18)17(3)11-13-7-5-4-6-8-13/h4-8,12,14H,9-11,16H2,1-3H3. The monoisotopic (exact) mass is 248 g/mol. The average Bonchev–Trinajstić information content (AvgIpc) is 2.36. The van der Waals surface area contributed by atoms with Crippen LogP contribution in [0.4, 0.5) is 0 Å². The minimum Gasteiger partial charge on any atom is -0.341 e. The normalized spacial score (nSPS) is 12.5. The second kappa shape index (κ2) is 7.17. The maximum absolute atomic E-state index is 12.3. The van der Waals surface area contributed by atoms with Crippen LogP contribution in [0.25, 0.3) is 0 Å². The van der Waals surface area contributed by atoms with Crippen molar-refractivity contribution in [3.63, 3.8) is 0 Å². The van der Waals surface area contributed by atoms with Gasteiger partial charge in [0.25, 0.3) is 0 Å². The summed E-state index contributed by atoms with van der Waals surface area (Å²) in [4.78, 5) is 14.2. The summed E-state index contributed by atoms with van der Waals surface area (Å²) in [6.45, 7) is 5.38. The van der Waals surface area contributed by atoms with Crippen molar-refractivity contribution in [3.05, 3.63) is 35.9 Å². The van der Waals surface area contributed by atoms with Crippen molar-refractivity contribution in [2.45, 2.75) is 26.8 Å². The van der Waals surface area contributed by atoms with Crippen LogP contribution in [-0.2, 0) is 11.3 Å². The molecule has 18 heavy (non-hydrogen) atoms. The summed E-state index contributed by atoms with van der Waals surface area (Å²) >= 11 is 0. The zero-order chi connectivity index (χ0) is 13.5. The van der Waals surface area contributed by atoms with E-state index in [4.69, 9.17) is 5.73 Å². The predicted molar refractivity (Wildman–Crippen MR) is 74.9 cm³/mol. The number of nitrogens with zero attached hydrogens (tertiary/aromatic N) is 1. The lowest BCUT2D eigenvalue weighted by Crippen LogP contribution is -2.36. The maximum atomic E-state index is 12.3. The summed E-state index contributed by atoms with van der Waals surface area (Å²) in [6, 6.07) is 10.0. The Morgan fingerprint density at radius 3 is 2.39 bits per heavy atom. The Morgan fingerprint density at radius 1 is 1.28 bits per heavy atom. The Morgan fingerprint density at radius 2 is 1.89 bits per heavy atom. The molecule has 0 aliphatic carbocycles. The summed E-state index contributed by atoms with van der Waals surface area (Å²) < 4.78 is 0. The number of amides is 1. The van der Waals surface area contributed by atoms with Crippen molar-refractivity contribution >= 4 is 5.91 Å². The molecule has 1 atom stereocenters. The third-order valence-corrected chi connectivity index (χ3v) is 3.24. The molecule has 1 aromatic rings. The van der Waals surface area contributed by atoms with Crippen LogP contribution in [0.1, 0.15) is 25.8 Å². The first-order valence-electron chi connectivity index (χ1n) is 6.55. The van der Waals surface area contributed by atoms with E-state index in [9.17, 15) is 4.79 Å². The van der Waals surface area contributed by atoms with Gasteiger partial charge in [-0.3, -0.25) is 4.79 Å². The van der Waals surface area contributed by atoms with Gasteiger partial charge in [-0.2, -0.15) is 0 Å². The zero-order valence-electron chi connectivity index (χ0n) is 11.6. The van der Waals surface area contributed by atoms with Gasteiger partial charge in [0.1, 0.15) is 0 Å². The lowest BCUT2D eigenvalue weighted by molar-refractivity contribution is -0.136. The van der Waals surface area contributed by atoms with Crippen LogP contribution < -0.4 is 5.73 Å². The van der Waals surface area contributed by atoms with E-state index in [1.165, 1.54) is 0 Å².